The van der Waals surface area contributed by atoms with Crippen molar-refractivity contribution in [3.63, 3.8) is 0 Å². The fourth-order valence-electron chi connectivity index (χ4n) is 2.94. The number of carbonyl (C=O) groups excluding carboxylic acids is 2. The Morgan fingerprint density at radius 2 is 1.89 bits per heavy atom. The van der Waals surface area contributed by atoms with Gasteiger partial charge in [-0.25, -0.2) is 0 Å². The maximum atomic E-state index is 12.6. The van der Waals surface area contributed by atoms with Crippen LogP contribution >= 0.6 is 0 Å². The summed E-state index contributed by atoms with van der Waals surface area (Å²) in [6.45, 7) is 2.46. The molecule has 3 unspecified atom stereocenters. The van der Waals surface area contributed by atoms with E-state index in [1.165, 1.54) is 0 Å². The van der Waals surface area contributed by atoms with Gasteiger partial charge in [-0.3, -0.25) is 9.59 Å². The molecule has 2 aliphatic carbocycles. The molecule has 0 aromatic heterocycles. The normalized spacial score (nSPS) is 33.3. The molecule has 5 heteroatoms. The van der Waals surface area contributed by atoms with Gasteiger partial charge >= 0.3 is 0 Å². The molecule has 2 amide bonds. The van der Waals surface area contributed by atoms with Crippen LogP contribution in [-0.2, 0) is 14.3 Å². The average molecular weight is 266 g/mol. The van der Waals surface area contributed by atoms with Crippen LogP contribution < -0.4 is 5.32 Å². The van der Waals surface area contributed by atoms with Gasteiger partial charge in [-0.1, -0.05) is 0 Å². The number of rotatable bonds is 5. The molecule has 0 spiro atoms. The molecule has 19 heavy (non-hydrogen) atoms. The average Bonchev–Trinajstić information content (AvgIpc) is 3.25. The molecule has 3 fully saturated rings. The topological polar surface area (TPSA) is 58.6 Å². The summed E-state index contributed by atoms with van der Waals surface area (Å²) in [5.74, 6) is 0.857. The number of nitrogens with zero attached hydrogens (tertiary/aromatic N) is 1. The molecule has 5 nitrogen and oxygen atoms in total. The number of amides is 2. The van der Waals surface area contributed by atoms with Crippen molar-refractivity contribution in [2.24, 2.45) is 11.8 Å². The number of hydrogen-bond acceptors (Lipinski definition) is 3. The van der Waals surface area contributed by atoms with Crippen molar-refractivity contribution in [2.75, 3.05) is 13.7 Å². The van der Waals surface area contributed by atoms with Crippen LogP contribution in [0.25, 0.3) is 0 Å². The van der Waals surface area contributed by atoms with Gasteiger partial charge in [0.05, 0.1) is 6.10 Å². The van der Waals surface area contributed by atoms with E-state index in [0.29, 0.717) is 18.4 Å². The SMILES string of the molecule is COC(C)CN1C(=O)C(C2CC2)NC(=O)C1C1CC1. The second-order valence-corrected chi connectivity index (χ2v) is 6.14. The van der Waals surface area contributed by atoms with Gasteiger partial charge < -0.3 is 15.0 Å². The highest BCUT2D eigenvalue weighted by Crippen LogP contribution is 2.40. The second kappa shape index (κ2) is 4.78. The van der Waals surface area contributed by atoms with Gasteiger partial charge in [-0.15, -0.1) is 0 Å². The van der Waals surface area contributed by atoms with Crippen LogP contribution in [0.4, 0.5) is 0 Å². The minimum Gasteiger partial charge on any atom is -0.380 e. The number of nitrogens with one attached hydrogen (secondary N) is 1. The molecule has 0 bridgehead atoms. The molecule has 2 saturated carbocycles. The third kappa shape index (κ3) is 2.48. The van der Waals surface area contributed by atoms with E-state index in [1.54, 1.807) is 12.0 Å². The Hall–Kier alpha value is -1.10. The Morgan fingerprint density at radius 3 is 2.42 bits per heavy atom. The Balaban J connectivity index is 1.79. The minimum absolute atomic E-state index is 0.0315. The lowest BCUT2D eigenvalue weighted by molar-refractivity contribution is -0.152. The number of methoxy groups -OCH3 is 1. The summed E-state index contributed by atoms with van der Waals surface area (Å²) in [6, 6.07) is -0.549. The zero-order valence-corrected chi connectivity index (χ0v) is 11.6. The zero-order chi connectivity index (χ0) is 13.6. The summed E-state index contributed by atoms with van der Waals surface area (Å²) in [4.78, 5) is 26.7. The van der Waals surface area contributed by atoms with Crippen molar-refractivity contribution in [3.8, 4) is 0 Å². The highest BCUT2D eigenvalue weighted by atomic mass is 16.5. The molecular formula is C14H22N2O3. The first kappa shape index (κ1) is 12.9. The van der Waals surface area contributed by atoms with Crippen LogP contribution in [0.1, 0.15) is 32.6 Å². The van der Waals surface area contributed by atoms with E-state index < -0.39 is 0 Å². The van der Waals surface area contributed by atoms with Crippen molar-refractivity contribution in [1.29, 1.82) is 0 Å². The third-order valence-corrected chi connectivity index (χ3v) is 4.47. The fourth-order valence-corrected chi connectivity index (χ4v) is 2.94. The van der Waals surface area contributed by atoms with E-state index in [0.717, 1.165) is 25.7 Å². The van der Waals surface area contributed by atoms with Crippen LogP contribution in [-0.4, -0.2) is 48.6 Å². The van der Waals surface area contributed by atoms with Crippen molar-refractivity contribution < 1.29 is 14.3 Å². The lowest BCUT2D eigenvalue weighted by atomic mass is 10.00. The summed E-state index contributed by atoms with van der Waals surface area (Å²) in [6.07, 6.45) is 4.18. The highest BCUT2D eigenvalue weighted by Gasteiger charge is 2.51. The van der Waals surface area contributed by atoms with Gasteiger partial charge in [0.2, 0.25) is 11.8 Å². The lowest BCUT2D eigenvalue weighted by Gasteiger charge is -2.40. The molecule has 1 heterocycles. The quantitative estimate of drug-likeness (QED) is 0.790. The fraction of sp³-hybridized carbons (Fsp3) is 0.857. The smallest absolute Gasteiger partial charge is 0.246 e. The summed E-state index contributed by atoms with van der Waals surface area (Å²) < 4.78 is 5.27. The third-order valence-electron chi connectivity index (χ3n) is 4.47. The summed E-state index contributed by atoms with van der Waals surface area (Å²) in [7, 11) is 1.64. The van der Waals surface area contributed by atoms with Crippen molar-refractivity contribution in [2.45, 2.75) is 50.8 Å². The lowest BCUT2D eigenvalue weighted by Crippen LogP contribution is -2.65. The molecule has 106 valence electrons. The molecule has 3 atom stereocenters. The molecule has 1 aliphatic heterocycles. The molecule has 0 aromatic carbocycles. The monoisotopic (exact) mass is 266 g/mol. The van der Waals surface area contributed by atoms with Gasteiger partial charge in [0.25, 0.3) is 0 Å². The first-order chi connectivity index (χ1) is 9.11. The van der Waals surface area contributed by atoms with E-state index >= 15 is 0 Å². The van der Waals surface area contributed by atoms with E-state index in [4.69, 9.17) is 4.74 Å². The molecular weight excluding hydrogens is 244 g/mol. The first-order valence-electron chi connectivity index (χ1n) is 7.25. The number of hydrogen-bond donors (Lipinski definition) is 1. The molecule has 3 aliphatic rings. The highest BCUT2D eigenvalue weighted by molar-refractivity contribution is 5.97. The van der Waals surface area contributed by atoms with Crippen molar-refractivity contribution >= 4 is 11.8 Å². The largest absolute Gasteiger partial charge is 0.380 e. The molecule has 3 rings (SSSR count). The van der Waals surface area contributed by atoms with Crippen molar-refractivity contribution in [1.82, 2.24) is 10.2 Å². The van der Waals surface area contributed by atoms with Gasteiger partial charge in [0.1, 0.15) is 12.1 Å². The van der Waals surface area contributed by atoms with Crippen LogP contribution in [0.5, 0.6) is 0 Å². The Bertz CT molecular complexity index is 390. The van der Waals surface area contributed by atoms with Crippen LogP contribution in [0, 0.1) is 11.8 Å². The molecule has 1 N–H and O–H groups in total. The minimum atomic E-state index is -0.286. The predicted octanol–water partition coefficient (Wildman–Crippen LogP) is 0.537. The molecule has 1 saturated heterocycles. The Morgan fingerprint density at radius 1 is 1.26 bits per heavy atom. The van der Waals surface area contributed by atoms with Crippen LogP contribution in [0.3, 0.4) is 0 Å². The van der Waals surface area contributed by atoms with E-state index in [9.17, 15) is 9.59 Å². The maximum Gasteiger partial charge on any atom is 0.246 e. The van der Waals surface area contributed by atoms with Gasteiger partial charge in [0, 0.05) is 13.7 Å². The van der Waals surface area contributed by atoms with Gasteiger partial charge in [-0.05, 0) is 44.4 Å². The van der Waals surface area contributed by atoms with E-state index in [2.05, 4.69) is 5.32 Å². The number of carbonyl (C=O) groups is 2. The van der Waals surface area contributed by atoms with Crippen LogP contribution in [0.15, 0.2) is 0 Å². The summed E-state index contributed by atoms with van der Waals surface area (Å²) in [5, 5.41) is 2.95. The summed E-state index contributed by atoms with van der Waals surface area (Å²) >= 11 is 0. The predicted molar refractivity (Wildman–Crippen MR) is 69.4 cm³/mol. The number of ether oxygens (including phenoxy) is 1. The summed E-state index contributed by atoms with van der Waals surface area (Å²) in [5.41, 5.74) is 0. The Kier molecular flexibility index (Phi) is 3.25. The van der Waals surface area contributed by atoms with Crippen molar-refractivity contribution in [3.05, 3.63) is 0 Å². The zero-order valence-electron chi connectivity index (χ0n) is 11.6. The second-order valence-electron chi connectivity index (χ2n) is 6.14. The molecule has 0 aromatic rings. The van der Waals surface area contributed by atoms with Gasteiger partial charge in [0.15, 0.2) is 0 Å². The van der Waals surface area contributed by atoms with E-state index in [-0.39, 0.29) is 30.0 Å². The maximum absolute atomic E-state index is 12.6. The molecule has 0 radical (unpaired) electrons. The Labute approximate surface area is 113 Å². The van der Waals surface area contributed by atoms with E-state index in [1.807, 2.05) is 6.92 Å². The first-order valence-corrected chi connectivity index (χ1v) is 7.25. The van der Waals surface area contributed by atoms with Crippen LogP contribution in [0.2, 0.25) is 0 Å². The standard InChI is InChI=1S/C14H22N2O3/c1-8(19-2)7-16-12(10-5-6-10)13(17)15-11(14(16)18)9-3-4-9/h8-12H,3-7H2,1-2H3,(H,15,17). The number of piperazine rings is 1. The van der Waals surface area contributed by atoms with Gasteiger partial charge in [-0.2, -0.15) is 0 Å².